The highest BCUT2D eigenvalue weighted by Crippen LogP contribution is 2.47. The van der Waals surface area contributed by atoms with Crippen molar-refractivity contribution in [3.05, 3.63) is 12.2 Å². The van der Waals surface area contributed by atoms with Gasteiger partial charge in [0, 0.05) is 0 Å². The maximum atomic E-state index is 13.0. The Kier molecular flexibility index (Phi) is 13.0. The molecule has 3 unspecified atom stereocenters. The molecule has 0 N–H and O–H groups in total. The van der Waals surface area contributed by atoms with Crippen LogP contribution in [-0.2, 0) is 0 Å². The van der Waals surface area contributed by atoms with E-state index in [1.807, 2.05) is 0 Å². The van der Waals surface area contributed by atoms with Gasteiger partial charge >= 0.3 is 12.4 Å². The highest BCUT2D eigenvalue weighted by Gasteiger charge is 2.56. The second kappa shape index (κ2) is 13.2. The molecule has 0 fully saturated rings. The van der Waals surface area contributed by atoms with Crippen molar-refractivity contribution < 1.29 is 26.3 Å². The lowest BCUT2D eigenvalue weighted by atomic mass is 9.69. The molecule has 35 heavy (non-hydrogen) atoms. The molecular formula is C29H52F6. The molecule has 0 aliphatic rings. The van der Waals surface area contributed by atoms with Gasteiger partial charge in [0.25, 0.3) is 0 Å². The van der Waals surface area contributed by atoms with Gasteiger partial charge in [-0.15, -0.1) is 0 Å². The quantitative estimate of drug-likeness (QED) is 0.151. The molecule has 0 amide bonds. The van der Waals surface area contributed by atoms with E-state index in [1.165, 1.54) is 12.8 Å². The fraction of sp³-hybridized carbons (Fsp3) is 0.931. The van der Waals surface area contributed by atoms with Gasteiger partial charge in [-0.1, -0.05) is 87.8 Å². The Morgan fingerprint density at radius 3 is 1.60 bits per heavy atom. The molecular weight excluding hydrogens is 462 g/mol. The van der Waals surface area contributed by atoms with Crippen LogP contribution in [0.25, 0.3) is 0 Å². The van der Waals surface area contributed by atoms with E-state index >= 15 is 0 Å². The summed E-state index contributed by atoms with van der Waals surface area (Å²) in [4.78, 5) is 0. The highest BCUT2D eigenvalue weighted by atomic mass is 19.4. The van der Waals surface area contributed by atoms with E-state index in [9.17, 15) is 26.3 Å². The normalized spacial score (nSPS) is 16.8. The summed E-state index contributed by atoms with van der Waals surface area (Å²) in [7, 11) is 0. The molecule has 0 aromatic rings. The van der Waals surface area contributed by atoms with Gasteiger partial charge < -0.3 is 0 Å². The van der Waals surface area contributed by atoms with Gasteiger partial charge in [-0.05, 0) is 78.9 Å². The first-order chi connectivity index (χ1) is 15.5. The molecule has 6 heteroatoms. The fourth-order valence-electron chi connectivity index (χ4n) is 5.41. The monoisotopic (exact) mass is 514 g/mol. The Morgan fingerprint density at radius 1 is 0.714 bits per heavy atom. The molecule has 0 bridgehead atoms. The topological polar surface area (TPSA) is 0 Å². The van der Waals surface area contributed by atoms with Gasteiger partial charge in [-0.3, -0.25) is 0 Å². The smallest absolute Gasteiger partial charge is 0.170 e. The molecule has 0 aromatic carbocycles. The Hall–Kier alpha value is -0.680. The zero-order chi connectivity index (χ0) is 28.0. The largest absolute Gasteiger partial charge is 0.400 e. The SMILES string of the molecule is C=C(CC(C(F)(F)F)C(F)(F)F)C(C)(C)CC(C)CC(C)(C)CCC(CCC(C)C)C(C)C(C)C. The average molecular weight is 515 g/mol. The lowest BCUT2D eigenvalue weighted by Crippen LogP contribution is -2.38. The van der Waals surface area contributed by atoms with Crippen molar-refractivity contribution >= 4 is 0 Å². The molecule has 210 valence electrons. The van der Waals surface area contributed by atoms with Gasteiger partial charge in [0.2, 0.25) is 0 Å². The first-order valence-corrected chi connectivity index (χ1v) is 13.3. The van der Waals surface area contributed by atoms with Gasteiger partial charge in [0.15, 0.2) is 5.92 Å². The van der Waals surface area contributed by atoms with Gasteiger partial charge in [0.1, 0.15) is 0 Å². The van der Waals surface area contributed by atoms with Crippen LogP contribution in [0.3, 0.4) is 0 Å². The van der Waals surface area contributed by atoms with E-state index in [4.69, 9.17) is 0 Å². The van der Waals surface area contributed by atoms with Crippen molar-refractivity contribution in [1.82, 2.24) is 0 Å². The van der Waals surface area contributed by atoms with Crippen LogP contribution < -0.4 is 0 Å². The molecule has 0 heterocycles. The van der Waals surface area contributed by atoms with E-state index in [0.717, 1.165) is 19.3 Å². The number of hydrogen-bond donors (Lipinski definition) is 0. The zero-order valence-electron chi connectivity index (χ0n) is 23.9. The molecule has 0 rings (SSSR count). The molecule has 0 saturated carbocycles. The van der Waals surface area contributed by atoms with Crippen LogP contribution in [0.5, 0.6) is 0 Å². The van der Waals surface area contributed by atoms with Gasteiger partial charge in [-0.25, -0.2) is 0 Å². The van der Waals surface area contributed by atoms with E-state index in [1.54, 1.807) is 13.8 Å². The second-order valence-corrected chi connectivity index (χ2v) is 13.4. The van der Waals surface area contributed by atoms with Crippen molar-refractivity contribution in [2.24, 2.45) is 46.3 Å². The molecule has 3 atom stereocenters. The van der Waals surface area contributed by atoms with Crippen LogP contribution in [0.1, 0.15) is 114 Å². The molecule has 0 aliphatic heterocycles. The number of allylic oxidation sites excluding steroid dienone is 1. The number of hydrogen-bond acceptors (Lipinski definition) is 0. The predicted octanol–water partition coefficient (Wildman–Crippen LogP) is 11.3. The third-order valence-corrected chi connectivity index (χ3v) is 8.06. The Bertz CT molecular complexity index is 610. The van der Waals surface area contributed by atoms with Gasteiger partial charge in [-0.2, -0.15) is 26.3 Å². The first-order valence-electron chi connectivity index (χ1n) is 13.3. The summed E-state index contributed by atoms with van der Waals surface area (Å²) < 4.78 is 78.3. The maximum absolute atomic E-state index is 13.0. The minimum Gasteiger partial charge on any atom is -0.170 e. The lowest BCUT2D eigenvalue weighted by molar-refractivity contribution is -0.283. The summed E-state index contributed by atoms with van der Waals surface area (Å²) in [6, 6.07) is 0. The summed E-state index contributed by atoms with van der Waals surface area (Å²) in [6.07, 6.45) is -5.76. The Labute approximate surface area is 211 Å². The summed E-state index contributed by atoms with van der Waals surface area (Å²) in [5, 5.41) is 0. The van der Waals surface area contributed by atoms with Crippen molar-refractivity contribution in [2.45, 2.75) is 127 Å². The van der Waals surface area contributed by atoms with Crippen LogP contribution in [-0.4, -0.2) is 12.4 Å². The molecule has 0 spiro atoms. The van der Waals surface area contributed by atoms with Gasteiger partial charge in [0.05, 0.1) is 0 Å². The summed E-state index contributed by atoms with van der Waals surface area (Å²) in [5.74, 6) is -0.611. The molecule has 0 radical (unpaired) electrons. The minimum absolute atomic E-state index is 0.0151. The number of halogens is 6. The van der Waals surface area contributed by atoms with Crippen LogP contribution >= 0.6 is 0 Å². The standard InChI is InChI=1S/C29H52F6/c1-19(2)12-13-24(23(7)20(3)4)14-15-26(8,9)17-21(5)18-27(10,11)22(6)16-25(28(30,31)32)29(33,34)35/h19-21,23-25H,6,12-18H2,1-5,7-11H3. The number of rotatable bonds is 15. The third-order valence-electron chi connectivity index (χ3n) is 8.06. The average Bonchev–Trinajstić information content (AvgIpc) is 2.61. The van der Waals surface area contributed by atoms with Crippen molar-refractivity contribution in [3.8, 4) is 0 Å². The molecule has 0 nitrogen and oxygen atoms in total. The van der Waals surface area contributed by atoms with E-state index in [2.05, 4.69) is 62.0 Å². The molecule has 0 aliphatic carbocycles. The van der Waals surface area contributed by atoms with Crippen LogP contribution in [0.15, 0.2) is 12.2 Å². The summed E-state index contributed by atoms with van der Waals surface area (Å²) in [6.45, 7) is 25.0. The lowest BCUT2D eigenvalue weighted by Gasteiger charge is -2.37. The van der Waals surface area contributed by atoms with Crippen LogP contribution in [0.4, 0.5) is 26.3 Å². The fourth-order valence-corrected chi connectivity index (χ4v) is 5.41. The minimum atomic E-state index is -5.33. The molecule has 0 aromatic heterocycles. The summed E-state index contributed by atoms with van der Waals surface area (Å²) >= 11 is 0. The van der Waals surface area contributed by atoms with Crippen LogP contribution in [0.2, 0.25) is 0 Å². The highest BCUT2D eigenvalue weighted by molar-refractivity contribution is 5.10. The third kappa shape index (κ3) is 12.9. The second-order valence-electron chi connectivity index (χ2n) is 13.4. The first kappa shape index (κ1) is 34.3. The van der Waals surface area contributed by atoms with Crippen molar-refractivity contribution in [3.63, 3.8) is 0 Å². The van der Waals surface area contributed by atoms with Crippen molar-refractivity contribution in [1.29, 1.82) is 0 Å². The molecule has 0 saturated heterocycles. The Morgan fingerprint density at radius 2 is 1.20 bits per heavy atom. The van der Waals surface area contributed by atoms with Crippen molar-refractivity contribution in [2.75, 3.05) is 0 Å². The van der Waals surface area contributed by atoms with E-state index in [0.29, 0.717) is 30.1 Å². The Balaban J connectivity index is 5.16. The van der Waals surface area contributed by atoms with E-state index in [-0.39, 0.29) is 16.9 Å². The number of alkyl halides is 6. The van der Waals surface area contributed by atoms with Crippen LogP contribution in [0, 0.1) is 46.3 Å². The predicted molar refractivity (Wildman–Crippen MR) is 136 cm³/mol. The van der Waals surface area contributed by atoms with E-state index < -0.39 is 30.1 Å². The maximum Gasteiger partial charge on any atom is 0.400 e. The summed E-state index contributed by atoms with van der Waals surface area (Å²) in [5.41, 5.74) is -0.748. The zero-order valence-corrected chi connectivity index (χ0v) is 23.9.